The Labute approximate surface area is 76.1 Å². The number of benzene rings is 1. The molecule has 0 bridgehead atoms. The highest BCUT2D eigenvalue weighted by atomic mass is 32.2. The molecule has 12 heavy (non-hydrogen) atoms. The van der Waals surface area contributed by atoms with Crippen molar-refractivity contribution in [3.8, 4) is 5.75 Å². The van der Waals surface area contributed by atoms with E-state index in [4.69, 9.17) is 16.2 Å². The summed E-state index contributed by atoms with van der Waals surface area (Å²) in [5.41, 5.74) is 12.3. The van der Waals surface area contributed by atoms with Crippen molar-refractivity contribution < 1.29 is 4.74 Å². The smallest absolute Gasteiger partial charge is 0.133 e. The first kappa shape index (κ1) is 9.06. The molecule has 0 fully saturated rings. The van der Waals surface area contributed by atoms with E-state index in [0.717, 1.165) is 5.75 Å². The van der Waals surface area contributed by atoms with Crippen LogP contribution in [0.2, 0.25) is 0 Å². The third-order valence-electron chi connectivity index (χ3n) is 1.40. The second-order valence-electron chi connectivity index (χ2n) is 2.34. The predicted octanol–water partition coefficient (Wildman–Crippen LogP) is 1.55. The Bertz CT molecular complexity index is 265. The van der Waals surface area contributed by atoms with Gasteiger partial charge in [0.05, 0.1) is 11.4 Å². The first-order valence-corrected chi connectivity index (χ1v) is 4.90. The van der Waals surface area contributed by atoms with Crippen LogP contribution in [0.5, 0.6) is 5.75 Å². The summed E-state index contributed by atoms with van der Waals surface area (Å²) in [6.07, 6.45) is 1.97. The first-order valence-electron chi connectivity index (χ1n) is 3.51. The van der Waals surface area contributed by atoms with Gasteiger partial charge >= 0.3 is 0 Å². The maximum atomic E-state index is 5.58. The van der Waals surface area contributed by atoms with Crippen LogP contribution in [-0.2, 0) is 0 Å². The van der Waals surface area contributed by atoms with Crippen LogP contribution in [0.25, 0.3) is 0 Å². The number of hydrogen-bond donors (Lipinski definition) is 2. The molecule has 0 saturated carbocycles. The molecule has 0 aliphatic carbocycles. The molecule has 0 unspecified atom stereocenters. The number of nitrogens with two attached hydrogens (primary N) is 2. The average Bonchev–Trinajstić information content (AvgIpc) is 2.07. The summed E-state index contributed by atoms with van der Waals surface area (Å²) in [5, 5.41) is 0. The zero-order valence-electron chi connectivity index (χ0n) is 6.91. The molecule has 0 atom stereocenters. The van der Waals surface area contributed by atoms with E-state index in [1.807, 2.05) is 12.3 Å². The summed E-state index contributed by atoms with van der Waals surface area (Å²) in [6, 6.07) is 5.28. The Balaban J connectivity index is 2.69. The maximum absolute atomic E-state index is 5.58. The van der Waals surface area contributed by atoms with E-state index in [9.17, 15) is 0 Å². The van der Waals surface area contributed by atoms with Crippen molar-refractivity contribution in [3.05, 3.63) is 18.2 Å². The number of thioether (sulfide) groups is 1. The second kappa shape index (κ2) is 4.11. The van der Waals surface area contributed by atoms with Gasteiger partial charge in [-0.1, -0.05) is 0 Å². The van der Waals surface area contributed by atoms with Gasteiger partial charge in [-0.25, -0.2) is 0 Å². The van der Waals surface area contributed by atoms with Crippen LogP contribution in [0.3, 0.4) is 0 Å². The largest absolute Gasteiger partial charge is 0.483 e. The Kier molecular flexibility index (Phi) is 3.10. The van der Waals surface area contributed by atoms with Crippen LogP contribution in [0.15, 0.2) is 18.2 Å². The molecular weight excluding hydrogens is 172 g/mol. The van der Waals surface area contributed by atoms with E-state index >= 15 is 0 Å². The molecule has 4 N–H and O–H groups in total. The number of hydrogen-bond acceptors (Lipinski definition) is 4. The molecular formula is C8H12N2OS. The monoisotopic (exact) mass is 184 g/mol. The number of nitrogen functional groups attached to an aromatic ring is 2. The second-order valence-corrected chi connectivity index (χ2v) is 3.15. The quantitative estimate of drug-likeness (QED) is 0.552. The van der Waals surface area contributed by atoms with Gasteiger partial charge in [-0.05, 0) is 18.4 Å². The Morgan fingerprint density at radius 3 is 2.67 bits per heavy atom. The molecule has 0 aliphatic rings. The zero-order valence-corrected chi connectivity index (χ0v) is 7.73. The van der Waals surface area contributed by atoms with Gasteiger partial charge in [-0.2, -0.15) is 0 Å². The third-order valence-corrected chi connectivity index (χ3v) is 1.76. The third kappa shape index (κ3) is 2.23. The van der Waals surface area contributed by atoms with Crippen molar-refractivity contribution in [1.29, 1.82) is 0 Å². The highest BCUT2D eigenvalue weighted by Crippen LogP contribution is 2.21. The minimum atomic E-state index is 0.564. The van der Waals surface area contributed by atoms with E-state index in [1.165, 1.54) is 0 Å². The van der Waals surface area contributed by atoms with Crippen molar-refractivity contribution in [2.24, 2.45) is 0 Å². The molecule has 1 aromatic rings. The lowest BCUT2D eigenvalue weighted by molar-refractivity contribution is 0.394. The molecule has 4 heteroatoms. The van der Waals surface area contributed by atoms with Crippen LogP contribution >= 0.6 is 11.8 Å². The van der Waals surface area contributed by atoms with Crippen LogP contribution in [0, 0.1) is 0 Å². The maximum Gasteiger partial charge on any atom is 0.133 e. The van der Waals surface area contributed by atoms with Gasteiger partial charge in [0.15, 0.2) is 0 Å². The van der Waals surface area contributed by atoms with E-state index in [2.05, 4.69) is 0 Å². The molecule has 1 rings (SSSR count). The van der Waals surface area contributed by atoms with Crippen LogP contribution < -0.4 is 16.2 Å². The molecule has 3 nitrogen and oxygen atoms in total. The summed E-state index contributed by atoms with van der Waals surface area (Å²) in [4.78, 5) is 0. The molecule has 0 aromatic heterocycles. The van der Waals surface area contributed by atoms with Crippen molar-refractivity contribution in [1.82, 2.24) is 0 Å². The van der Waals surface area contributed by atoms with Gasteiger partial charge in [-0.15, -0.1) is 11.8 Å². The highest BCUT2D eigenvalue weighted by molar-refractivity contribution is 7.98. The molecule has 0 saturated heterocycles. The normalized spacial score (nSPS) is 9.75. The van der Waals surface area contributed by atoms with Crippen molar-refractivity contribution >= 4 is 23.1 Å². The van der Waals surface area contributed by atoms with E-state index in [0.29, 0.717) is 17.3 Å². The molecule has 0 heterocycles. The van der Waals surface area contributed by atoms with Gasteiger partial charge < -0.3 is 16.2 Å². The summed E-state index contributed by atoms with van der Waals surface area (Å²) >= 11 is 1.61. The zero-order chi connectivity index (χ0) is 8.97. The Hall–Kier alpha value is -1.03. The first-order chi connectivity index (χ1) is 5.74. The number of ether oxygens (including phenoxy) is 1. The summed E-state index contributed by atoms with van der Waals surface area (Å²) < 4.78 is 5.32. The fraction of sp³-hybridized carbons (Fsp3) is 0.250. The lowest BCUT2D eigenvalue weighted by Gasteiger charge is -2.05. The van der Waals surface area contributed by atoms with Gasteiger partial charge in [0, 0.05) is 6.07 Å². The van der Waals surface area contributed by atoms with Crippen LogP contribution in [0.4, 0.5) is 11.4 Å². The van der Waals surface area contributed by atoms with Crippen LogP contribution in [0.1, 0.15) is 0 Å². The lowest BCUT2D eigenvalue weighted by Crippen LogP contribution is -1.96. The Morgan fingerprint density at radius 1 is 1.33 bits per heavy atom. The SMILES string of the molecule is CSCOc1ccc(N)c(N)c1. The number of anilines is 2. The molecule has 0 radical (unpaired) electrons. The highest BCUT2D eigenvalue weighted by Gasteiger charge is 1.96. The molecule has 1 aromatic carbocycles. The van der Waals surface area contributed by atoms with E-state index in [-0.39, 0.29) is 0 Å². The van der Waals surface area contributed by atoms with Gasteiger partial charge in [0.1, 0.15) is 11.7 Å². The summed E-state index contributed by atoms with van der Waals surface area (Å²) in [5.74, 6) is 1.39. The van der Waals surface area contributed by atoms with E-state index < -0.39 is 0 Å². The Morgan fingerprint density at radius 2 is 2.08 bits per heavy atom. The molecule has 0 amide bonds. The minimum Gasteiger partial charge on any atom is -0.483 e. The topological polar surface area (TPSA) is 61.3 Å². The van der Waals surface area contributed by atoms with Crippen LogP contribution in [-0.4, -0.2) is 12.2 Å². The molecule has 0 spiro atoms. The average molecular weight is 184 g/mol. The van der Waals surface area contributed by atoms with Crippen molar-refractivity contribution in [2.45, 2.75) is 0 Å². The van der Waals surface area contributed by atoms with E-state index in [1.54, 1.807) is 23.9 Å². The van der Waals surface area contributed by atoms with Crippen molar-refractivity contribution in [2.75, 3.05) is 23.7 Å². The number of rotatable bonds is 3. The summed E-state index contributed by atoms with van der Waals surface area (Å²) in [6.45, 7) is 0. The molecule has 66 valence electrons. The van der Waals surface area contributed by atoms with Gasteiger partial charge in [0.2, 0.25) is 0 Å². The van der Waals surface area contributed by atoms with Gasteiger partial charge in [-0.3, -0.25) is 0 Å². The fourth-order valence-corrected chi connectivity index (χ4v) is 1.02. The minimum absolute atomic E-state index is 0.564. The van der Waals surface area contributed by atoms with Crippen molar-refractivity contribution in [3.63, 3.8) is 0 Å². The standard InChI is InChI=1S/C8H12N2OS/c1-12-5-11-6-2-3-7(9)8(10)4-6/h2-4H,5,9-10H2,1H3. The fourth-order valence-electron chi connectivity index (χ4n) is 0.770. The van der Waals surface area contributed by atoms with Gasteiger partial charge in [0.25, 0.3) is 0 Å². The predicted molar refractivity (Wildman–Crippen MR) is 54.3 cm³/mol. The lowest BCUT2D eigenvalue weighted by atomic mass is 10.2. The summed E-state index contributed by atoms with van der Waals surface area (Å²) in [7, 11) is 0. The molecule has 0 aliphatic heterocycles.